The molecule has 0 bridgehead atoms. The summed E-state index contributed by atoms with van der Waals surface area (Å²) in [5, 5.41) is 0. The smallest absolute Gasteiger partial charge is 0.376 e. The Morgan fingerprint density at radius 3 is 1.85 bits per heavy atom. The summed E-state index contributed by atoms with van der Waals surface area (Å²) in [5.74, 6) is 0. The molecule has 13 heavy (non-hydrogen) atoms. The number of thioether (sulfide) groups is 1. The summed E-state index contributed by atoms with van der Waals surface area (Å²) >= 11 is 6.71. The first kappa shape index (κ1) is 13.5. The molecule has 0 spiro atoms. The van der Waals surface area contributed by atoms with Gasteiger partial charge in [-0.2, -0.15) is 0 Å². The molecule has 3 nitrogen and oxygen atoms in total. The van der Waals surface area contributed by atoms with Crippen LogP contribution < -0.4 is 0 Å². The lowest BCUT2D eigenvalue weighted by molar-refractivity contribution is 0.120. The quantitative estimate of drug-likeness (QED) is 0.541. The van der Waals surface area contributed by atoms with E-state index >= 15 is 0 Å². The molecule has 0 aromatic rings. The molecule has 0 aromatic carbocycles. The molecule has 0 saturated carbocycles. The van der Waals surface area contributed by atoms with E-state index in [2.05, 4.69) is 0 Å². The van der Waals surface area contributed by atoms with Gasteiger partial charge < -0.3 is 13.3 Å². The number of thiocarbonyl (C=S) groups is 1. The molecule has 1 atom stereocenters. The zero-order valence-corrected chi connectivity index (χ0v) is 11.3. The van der Waals surface area contributed by atoms with Crippen LogP contribution in [0.4, 0.5) is 0 Å². The maximum Gasteiger partial charge on any atom is 0.509 e. The standard InChI is InChI=1S/C7H16O3S2Si/c1-6(7(11)12-5)13(8-2,9-3)10-4/h6H,1-5H3. The Morgan fingerprint density at radius 2 is 1.62 bits per heavy atom. The first-order valence-electron chi connectivity index (χ1n) is 3.81. The second kappa shape index (κ2) is 6.10. The second-order valence-corrected chi connectivity index (χ2v) is 7.30. The van der Waals surface area contributed by atoms with Crippen LogP contribution in [-0.2, 0) is 13.3 Å². The zero-order chi connectivity index (χ0) is 10.5. The van der Waals surface area contributed by atoms with Crippen LogP contribution in [0.25, 0.3) is 0 Å². The van der Waals surface area contributed by atoms with Crippen molar-refractivity contribution < 1.29 is 13.3 Å². The third kappa shape index (κ3) is 3.00. The highest BCUT2D eigenvalue weighted by Crippen LogP contribution is 2.28. The van der Waals surface area contributed by atoms with Crippen molar-refractivity contribution in [3.8, 4) is 0 Å². The van der Waals surface area contributed by atoms with Crippen LogP contribution in [0, 0.1) is 0 Å². The van der Waals surface area contributed by atoms with Crippen molar-refractivity contribution in [2.45, 2.75) is 12.5 Å². The highest BCUT2D eigenvalue weighted by Gasteiger charge is 2.46. The molecule has 0 aliphatic rings. The van der Waals surface area contributed by atoms with Gasteiger partial charge in [-0.15, -0.1) is 11.8 Å². The van der Waals surface area contributed by atoms with Gasteiger partial charge in [0.2, 0.25) is 0 Å². The monoisotopic (exact) mass is 240 g/mol. The van der Waals surface area contributed by atoms with E-state index in [1.54, 1.807) is 21.3 Å². The Hall–Kier alpha value is 0.537. The molecular formula is C7H16O3S2Si. The van der Waals surface area contributed by atoms with Crippen molar-refractivity contribution in [3.63, 3.8) is 0 Å². The molecular weight excluding hydrogens is 224 g/mol. The predicted molar refractivity (Wildman–Crippen MR) is 62.3 cm³/mol. The number of rotatable bonds is 5. The lowest BCUT2D eigenvalue weighted by Crippen LogP contribution is -2.48. The van der Waals surface area contributed by atoms with Gasteiger partial charge in [-0.05, 0) is 6.26 Å². The average Bonchev–Trinajstić information content (AvgIpc) is 2.20. The molecule has 78 valence electrons. The average molecular weight is 240 g/mol. The van der Waals surface area contributed by atoms with Crippen molar-refractivity contribution in [1.29, 1.82) is 0 Å². The maximum atomic E-state index is 5.31. The Labute approximate surface area is 90.5 Å². The first-order chi connectivity index (χ1) is 6.07. The minimum atomic E-state index is -2.57. The van der Waals surface area contributed by atoms with Gasteiger partial charge in [0, 0.05) is 21.3 Å². The van der Waals surface area contributed by atoms with Crippen LogP contribution in [0.15, 0.2) is 0 Å². The molecule has 0 aliphatic carbocycles. The van der Waals surface area contributed by atoms with E-state index in [9.17, 15) is 0 Å². The maximum absolute atomic E-state index is 5.31. The van der Waals surface area contributed by atoms with Crippen LogP contribution in [0.5, 0.6) is 0 Å². The fraction of sp³-hybridized carbons (Fsp3) is 0.857. The van der Waals surface area contributed by atoms with E-state index in [-0.39, 0.29) is 5.54 Å². The molecule has 0 radical (unpaired) electrons. The first-order valence-corrected chi connectivity index (χ1v) is 7.24. The van der Waals surface area contributed by atoms with Gasteiger partial charge in [-0.3, -0.25) is 0 Å². The molecule has 0 aliphatic heterocycles. The summed E-state index contributed by atoms with van der Waals surface area (Å²) in [4.78, 5) is 0. The lowest BCUT2D eigenvalue weighted by atomic mass is 10.5. The summed E-state index contributed by atoms with van der Waals surface area (Å²) < 4.78 is 16.8. The van der Waals surface area contributed by atoms with Crippen molar-refractivity contribution >= 4 is 37.0 Å². The summed E-state index contributed by atoms with van der Waals surface area (Å²) in [6.07, 6.45) is 1.94. The van der Waals surface area contributed by atoms with Crippen molar-refractivity contribution in [2.75, 3.05) is 27.6 Å². The number of hydrogen-bond acceptors (Lipinski definition) is 5. The van der Waals surface area contributed by atoms with Gasteiger partial charge in [-0.25, -0.2) is 0 Å². The van der Waals surface area contributed by atoms with Crippen LogP contribution in [0.1, 0.15) is 6.92 Å². The minimum Gasteiger partial charge on any atom is -0.376 e. The van der Waals surface area contributed by atoms with Gasteiger partial charge in [0.25, 0.3) is 0 Å². The van der Waals surface area contributed by atoms with Gasteiger partial charge >= 0.3 is 8.80 Å². The summed E-state index contributed by atoms with van der Waals surface area (Å²) in [5.41, 5.74) is 0.0394. The van der Waals surface area contributed by atoms with E-state index in [1.165, 1.54) is 11.8 Å². The third-order valence-electron chi connectivity index (χ3n) is 1.94. The highest BCUT2D eigenvalue weighted by molar-refractivity contribution is 8.23. The molecule has 6 heteroatoms. The topological polar surface area (TPSA) is 27.7 Å². The molecule has 0 rings (SSSR count). The Bertz CT molecular complexity index is 165. The van der Waals surface area contributed by atoms with E-state index in [0.717, 1.165) is 4.20 Å². The van der Waals surface area contributed by atoms with Crippen LogP contribution in [0.3, 0.4) is 0 Å². The lowest BCUT2D eigenvalue weighted by Gasteiger charge is -2.29. The Morgan fingerprint density at radius 1 is 1.23 bits per heavy atom. The minimum absolute atomic E-state index is 0.0394. The third-order valence-corrected chi connectivity index (χ3v) is 7.02. The van der Waals surface area contributed by atoms with Crippen LogP contribution >= 0.6 is 24.0 Å². The van der Waals surface area contributed by atoms with Crippen molar-refractivity contribution in [3.05, 3.63) is 0 Å². The van der Waals surface area contributed by atoms with Crippen LogP contribution in [0.2, 0.25) is 5.54 Å². The largest absolute Gasteiger partial charge is 0.509 e. The zero-order valence-electron chi connectivity index (χ0n) is 8.62. The normalized spacial score (nSPS) is 14.2. The predicted octanol–water partition coefficient (Wildman–Crippen LogP) is 1.94. The Kier molecular flexibility index (Phi) is 6.35. The van der Waals surface area contributed by atoms with E-state index in [0.29, 0.717) is 0 Å². The van der Waals surface area contributed by atoms with Gasteiger partial charge in [0.1, 0.15) is 0 Å². The molecule has 0 amide bonds. The molecule has 0 saturated heterocycles. The van der Waals surface area contributed by atoms with Crippen LogP contribution in [-0.4, -0.2) is 40.6 Å². The van der Waals surface area contributed by atoms with Gasteiger partial charge in [0.15, 0.2) is 0 Å². The fourth-order valence-corrected chi connectivity index (χ4v) is 4.52. The van der Waals surface area contributed by atoms with Gasteiger partial charge in [0.05, 0.1) is 9.74 Å². The molecule has 1 unspecified atom stereocenters. The summed E-state index contributed by atoms with van der Waals surface area (Å²) in [7, 11) is 2.22. The van der Waals surface area contributed by atoms with E-state index in [4.69, 9.17) is 25.5 Å². The molecule has 0 aromatic heterocycles. The fourth-order valence-electron chi connectivity index (χ4n) is 1.10. The Balaban J connectivity index is 4.62. The molecule has 0 heterocycles. The highest BCUT2D eigenvalue weighted by atomic mass is 32.2. The summed E-state index contributed by atoms with van der Waals surface area (Å²) in [6, 6.07) is 0. The SMILES string of the molecule is CO[Si](OC)(OC)C(C)C(=S)SC. The summed E-state index contributed by atoms with van der Waals surface area (Å²) in [6.45, 7) is 1.97. The van der Waals surface area contributed by atoms with Crippen molar-refractivity contribution in [1.82, 2.24) is 0 Å². The second-order valence-electron chi connectivity index (χ2n) is 2.46. The van der Waals surface area contributed by atoms with Crippen molar-refractivity contribution in [2.24, 2.45) is 0 Å². The molecule has 0 fully saturated rings. The molecule has 0 N–H and O–H groups in total. The van der Waals surface area contributed by atoms with E-state index < -0.39 is 8.80 Å². The van der Waals surface area contributed by atoms with E-state index in [1.807, 2.05) is 13.2 Å². The number of hydrogen-bond donors (Lipinski definition) is 0. The van der Waals surface area contributed by atoms with Gasteiger partial charge in [-0.1, -0.05) is 19.1 Å².